The average Bonchev–Trinajstić information content (AvgIpc) is 2.14. The van der Waals surface area contributed by atoms with Crippen LogP contribution >= 0.6 is 15.9 Å². The molecule has 1 rings (SSSR count). The second-order valence-corrected chi connectivity index (χ2v) is 3.55. The van der Waals surface area contributed by atoms with Crippen molar-refractivity contribution in [2.75, 3.05) is 5.33 Å². The summed E-state index contributed by atoms with van der Waals surface area (Å²) >= 11 is 2.84. The zero-order chi connectivity index (χ0) is 11.6. The predicted molar refractivity (Wildman–Crippen MR) is 50.2 cm³/mol. The zero-order valence-corrected chi connectivity index (χ0v) is 8.94. The van der Waals surface area contributed by atoms with Crippen molar-refractivity contribution in [2.24, 2.45) is 0 Å². The van der Waals surface area contributed by atoms with Crippen molar-refractivity contribution >= 4 is 15.9 Å². The molecule has 0 aliphatic heterocycles. The lowest BCUT2D eigenvalue weighted by molar-refractivity contribution is -0.139. The number of aliphatic hydroxyl groups is 1. The number of benzene rings is 1. The van der Waals surface area contributed by atoms with Crippen LogP contribution in [0.4, 0.5) is 17.6 Å². The van der Waals surface area contributed by atoms with Crippen molar-refractivity contribution in [2.45, 2.75) is 12.3 Å². The summed E-state index contributed by atoms with van der Waals surface area (Å²) in [7, 11) is 0. The summed E-state index contributed by atoms with van der Waals surface area (Å²) in [5.41, 5.74) is -1.48. The number of hydrogen-bond donors (Lipinski definition) is 1. The Morgan fingerprint density at radius 1 is 1.33 bits per heavy atom. The minimum atomic E-state index is -4.59. The van der Waals surface area contributed by atoms with Gasteiger partial charge in [0.2, 0.25) is 0 Å². The lowest BCUT2D eigenvalue weighted by Gasteiger charge is -2.15. The van der Waals surface area contributed by atoms with E-state index in [9.17, 15) is 22.7 Å². The monoisotopic (exact) mass is 286 g/mol. The minimum absolute atomic E-state index is 0.0838. The van der Waals surface area contributed by atoms with Gasteiger partial charge in [-0.25, -0.2) is 4.39 Å². The van der Waals surface area contributed by atoms with Gasteiger partial charge in [-0.2, -0.15) is 13.2 Å². The number of rotatable bonds is 2. The summed E-state index contributed by atoms with van der Waals surface area (Å²) in [6.07, 6.45) is -5.97. The molecule has 0 spiro atoms. The Balaban J connectivity index is 3.27. The van der Waals surface area contributed by atoms with E-state index in [1.807, 2.05) is 0 Å². The third-order valence-corrected chi connectivity index (χ3v) is 2.44. The summed E-state index contributed by atoms with van der Waals surface area (Å²) in [4.78, 5) is 0. The Morgan fingerprint density at radius 3 is 2.40 bits per heavy atom. The highest BCUT2D eigenvalue weighted by molar-refractivity contribution is 9.09. The molecule has 1 atom stereocenters. The molecule has 0 amide bonds. The van der Waals surface area contributed by atoms with Crippen LogP contribution in [0.5, 0.6) is 0 Å². The molecular weight excluding hydrogens is 280 g/mol. The molecule has 1 nitrogen and oxygen atoms in total. The third kappa shape index (κ3) is 2.92. The van der Waals surface area contributed by atoms with Crippen molar-refractivity contribution in [3.8, 4) is 0 Å². The molecule has 0 radical (unpaired) electrons. The standard InChI is InChI=1S/C9H7BrF4O/c10-4-8(15)6-3-5(11)1-2-7(6)9(12,13)14/h1-3,8,15H,4H2. The van der Waals surface area contributed by atoms with Gasteiger partial charge in [-0.15, -0.1) is 0 Å². The van der Waals surface area contributed by atoms with Crippen LogP contribution in [0.3, 0.4) is 0 Å². The van der Waals surface area contributed by atoms with Crippen LogP contribution in [0, 0.1) is 5.82 Å². The quantitative estimate of drug-likeness (QED) is 0.654. The van der Waals surface area contributed by atoms with Crippen LogP contribution < -0.4 is 0 Å². The summed E-state index contributed by atoms with van der Waals surface area (Å²) < 4.78 is 50.0. The molecular formula is C9H7BrF4O. The summed E-state index contributed by atoms with van der Waals surface area (Å²) in [5.74, 6) is -0.807. The molecule has 6 heteroatoms. The van der Waals surface area contributed by atoms with Crippen molar-refractivity contribution in [1.29, 1.82) is 0 Å². The molecule has 0 saturated heterocycles. The van der Waals surface area contributed by atoms with E-state index in [0.29, 0.717) is 18.2 Å². The summed E-state index contributed by atoms with van der Waals surface area (Å²) in [6.45, 7) is 0. The highest BCUT2D eigenvalue weighted by Crippen LogP contribution is 2.35. The number of aliphatic hydroxyl groups excluding tert-OH is 1. The van der Waals surface area contributed by atoms with E-state index in [4.69, 9.17) is 0 Å². The molecule has 0 bridgehead atoms. The van der Waals surface area contributed by atoms with Crippen LogP contribution in [0.25, 0.3) is 0 Å². The second kappa shape index (κ2) is 4.49. The van der Waals surface area contributed by atoms with E-state index in [1.165, 1.54) is 0 Å². The first-order valence-electron chi connectivity index (χ1n) is 3.97. The Labute approximate surface area is 91.9 Å². The van der Waals surface area contributed by atoms with Gasteiger partial charge in [0.1, 0.15) is 5.82 Å². The first-order chi connectivity index (χ1) is 6.86. The largest absolute Gasteiger partial charge is 0.416 e. The normalized spacial score (nSPS) is 14.0. The van der Waals surface area contributed by atoms with E-state index in [2.05, 4.69) is 15.9 Å². The molecule has 15 heavy (non-hydrogen) atoms. The third-order valence-electron chi connectivity index (χ3n) is 1.82. The van der Waals surface area contributed by atoms with E-state index in [-0.39, 0.29) is 5.33 Å². The van der Waals surface area contributed by atoms with Crippen LogP contribution in [0.15, 0.2) is 18.2 Å². The SMILES string of the molecule is OC(CBr)c1cc(F)ccc1C(F)(F)F. The maximum atomic E-state index is 12.7. The molecule has 1 unspecified atom stereocenters. The number of halogens is 5. The lowest BCUT2D eigenvalue weighted by Crippen LogP contribution is -2.13. The van der Waals surface area contributed by atoms with Gasteiger partial charge < -0.3 is 5.11 Å². The van der Waals surface area contributed by atoms with Crippen LogP contribution in [-0.4, -0.2) is 10.4 Å². The Hall–Kier alpha value is -0.620. The van der Waals surface area contributed by atoms with E-state index in [0.717, 1.165) is 0 Å². The van der Waals surface area contributed by atoms with Gasteiger partial charge in [0, 0.05) is 5.33 Å². The predicted octanol–water partition coefficient (Wildman–Crippen LogP) is 3.27. The number of hydrogen-bond acceptors (Lipinski definition) is 1. The maximum absolute atomic E-state index is 12.7. The minimum Gasteiger partial charge on any atom is -0.388 e. The van der Waals surface area contributed by atoms with Gasteiger partial charge in [-0.05, 0) is 23.8 Å². The Bertz CT molecular complexity index is 350. The van der Waals surface area contributed by atoms with E-state index < -0.39 is 29.2 Å². The average molecular weight is 287 g/mol. The Kier molecular flexibility index (Phi) is 3.72. The van der Waals surface area contributed by atoms with E-state index >= 15 is 0 Å². The van der Waals surface area contributed by atoms with Crippen molar-refractivity contribution in [3.63, 3.8) is 0 Å². The Morgan fingerprint density at radius 2 is 1.93 bits per heavy atom. The van der Waals surface area contributed by atoms with Crippen LogP contribution in [0.1, 0.15) is 17.2 Å². The highest BCUT2D eigenvalue weighted by atomic mass is 79.9. The lowest BCUT2D eigenvalue weighted by atomic mass is 10.0. The van der Waals surface area contributed by atoms with E-state index in [1.54, 1.807) is 0 Å². The molecule has 1 aromatic carbocycles. The summed E-state index contributed by atoms with van der Waals surface area (Å²) in [5, 5.41) is 9.20. The zero-order valence-electron chi connectivity index (χ0n) is 7.35. The molecule has 1 N–H and O–H groups in total. The second-order valence-electron chi connectivity index (χ2n) is 2.90. The van der Waals surface area contributed by atoms with Crippen LogP contribution in [0.2, 0.25) is 0 Å². The fraction of sp³-hybridized carbons (Fsp3) is 0.333. The summed E-state index contributed by atoms with van der Waals surface area (Å²) in [6, 6.07) is 2.03. The van der Waals surface area contributed by atoms with Gasteiger partial charge in [0.15, 0.2) is 0 Å². The molecule has 0 aromatic heterocycles. The molecule has 84 valence electrons. The fourth-order valence-corrected chi connectivity index (χ4v) is 1.50. The van der Waals surface area contributed by atoms with Gasteiger partial charge in [-0.3, -0.25) is 0 Å². The van der Waals surface area contributed by atoms with Crippen LogP contribution in [-0.2, 0) is 6.18 Å². The first-order valence-corrected chi connectivity index (χ1v) is 5.09. The topological polar surface area (TPSA) is 20.2 Å². The molecule has 0 aliphatic rings. The molecule has 0 saturated carbocycles. The van der Waals surface area contributed by atoms with Gasteiger partial charge in [0.05, 0.1) is 11.7 Å². The molecule has 0 fully saturated rings. The van der Waals surface area contributed by atoms with Gasteiger partial charge >= 0.3 is 6.18 Å². The molecule has 0 aliphatic carbocycles. The fourth-order valence-electron chi connectivity index (χ4n) is 1.15. The molecule has 1 aromatic rings. The maximum Gasteiger partial charge on any atom is 0.416 e. The first kappa shape index (κ1) is 12.4. The van der Waals surface area contributed by atoms with Crippen molar-refractivity contribution in [3.05, 3.63) is 35.1 Å². The van der Waals surface area contributed by atoms with Gasteiger partial charge in [-0.1, -0.05) is 15.9 Å². The highest BCUT2D eigenvalue weighted by Gasteiger charge is 2.34. The van der Waals surface area contributed by atoms with Gasteiger partial charge in [0.25, 0.3) is 0 Å². The van der Waals surface area contributed by atoms with Crippen molar-refractivity contribution in [1.82, 2.24) is 0 Å². The molecule has 0 heterocycles. The number of alkyl halides is 4. The smallest absolute Gasteiger partial charge is 0.388 e. The van der Waals surface area contributed by atoms with Crippen molar-refractivity contribution < 1.29 is 22.7 Å².